The number of hydrogen-bond donors (Lipinski definition) is 1. The fourth-order valence-electron chi connectivity index (χ4n) is 2.47. The molecule has 1 aromatic carbocycles. The van der Waals surface area contributed by atoms with Crippen LogP contribution in [0.1, 0.15) is 5.56 Å². The van der Waals surface area contributed by atoms with Gasteiger partial charge in [-0.25, -0.2) is 0 Å². The molecule has 138 valence electrons. The predicted molar refractivity (Wildman–Crippen MR) is 101 cm³/mol. The number of rotatable bonds is 6. The average Bonchev–Trinajstić information content (AvgIpc) is 3.03. The molecule has 0 saturated heterocycles. The second-order valence-corrected chi connectivity index (χ2v) is 6.59. The number of hydrogen-bond acceptors (Lipinski definition) is 7. The van der Waals surface area contributed by atoms with Crippen molar-refractivity contribution in [2.75, 3.05) is 11.1 Å². The smallest absolute Gasteiger partial charge is 0.274 e. The quantitative estimate of drug-likeness (QED) is 0.394. The van der Waals surface area contributed by atoms with Crippen LogP contribution in [-0.4, -0.2) is 36.3 Å². The Morgan fingerprint density at radius 2 is 2.00 bits per heavy atom. The SMILES string of the molecule is Cc1c(NC(=O)CSc2nnc(-c3ccncc3)n2C)cccc1[N+](=O)[O-]. The number of benzene rings is 1. The molecule has 3 rings (SSSR count). The first-order chi connectivity index (χ1) is 13.0. The monoisotopic (exact) mass is 384 g/mol. The zero-order chi connectivity index (χ0) is 19.4. The van der Waals surface area contributed by atoms with E-state index in [4.69, 9.17) is 0 Å². The van der Waals surface area contributed by atoms with E-state index in [2.05, 4.69) is 20.5 Å². The van der Waals surface area contributed by atoms with E-state index in [0.29, 0.717) is 22.2 Å². The van der Waals surface area contributed by atoms with Crippen LogP contribution in [0, 0.1) is 17.0 Å². The second kappa shape index (κ2) is 7.96. The van der Waals surface area contributed by atoms with Gasteiger partial charge in [0.15, 0.2) is 11.0 Å². The molecule has 0 aliphatic heterocycles. The molecule has 0 fully saturated rings. The Hall–Kier alpha value is -3.27. The first-order valence-electron chi connectivity index (χ1n) is 7.94. The minimum absolute atomic E-state index is 0.0317. The predicted octanol–water partition coefficient (Wildman–Crippen LogP) is 2.82. The molecular weight excluding hydrogens is 368 g/mol. The van der Waals surface area contributed by atoms with Gasteiger partial charge in [-0.15, -0.1) is 10.2 Å². The molecule has 9 nitrogen and oxygen atoms in total. The molecular formula is C17H16N6O3S. The van der Waals surface area contributed by atoms with E-state index in [-0.39, 0.29) is 17.3 Å². The van der Waals surface area contributed by atoms with Gasteiger partial charge in [-0.2, -0.15) is 0 Å². The van der Waals surface area contributed by atoms with Gasteiger partial charge in [-0.05, 0) is 25.1 Å². The summed E-state index contributed by atoms with van der Waals surface area (Å²) >= 11 is 1.23. The highest BCUT2D eigenvalue weighted by Gasteiger charge is 2.16. The van der Waals surface area contributed by atoms with Gasteiger partial charge in [0.1, 0.15) is 0 Å². The first kappa shape index (κ1) is 18.5. The number of amides is 1. The number of anilines is 1. The van der Waals surface area contributed by atoms with Crippen molar-refractivity contribution in [1.29, 1.82) is 0 Å². The highest BCUT2D eigenvalue weighted by atomic mass is 32.2. The lowest BCUT2D eigenvalue weighted by Gasteiger charge is -2.08. The Kier molecular flexibility index (Phi) is 5.46. The van der Waals surface area contributed by atoms with Crippen molar-refractivity contribution in [2.45, 2.75) is 12.1 Å². The van der Waals surface area contributed by atoms with Gasteiger partial charge in [-0.1, -0.05) is 17.8 Å². The number of pyridine rings is 1. The summed E-state index contributed by atoms with van der Waals surface area (Å²) in [6.45, 7) is 1.60. The molecule has 3 aromatic rings. The minimum Gasteiger partial charge on any atom is -0.325 e. The van der Waals surface area contributed by atoms with Crippen LogP contribution in [0.2, 0.25) is 0 Å². The average molecular weight is 384 g/mol. The number of aromatic nitrogens is 4. The van der Waals surface area contributed by atoms with Gasteiger partial charge in [0.25, 0.3) is 5.69 Å². The maximum atomic E-state index is 12.2. The van der Waals surface area contributed by atoms with Crippen molar-refractivity contribution in [1.82, 2.24) is 19.7 Å². The van der Waals surface area contributed by atoms with Gasteiger partial charge in [0.2, 0.25) is 5.91 Å². The minimum atomic E-state index is -0.472. The van der Waals surface area contributed by atoms with Crippen molar-refractivity contribution < 1.29 is 9.72 Å². The Labute approximate surface area is 159 Å². The van der Waals surface area contributed by atoms with Crippen molar-refractivity contribution in [3.05, 3.63) is 58.4 Å². The van der Waals surface area contributed by atoms with Crippen LogP contribution in [0.15, 0.2) is 47.9 Å². The molecule has 10 heteroatoms. The van der Waals surface area contributed by atoms with E-state index >= 15 is 0 Å². The normalized spacial score (nSPS) is 10.6. The Morgan fingerprint density at radius 3 is 2.70 bits per heavy atom. The number of carbonyl (C=O) groups is 1. The van der Waals surface area contributed by atoms with Crippen LogP contribution in [0.4, 0.5) is 11.4 Å². The first-order valence-corrected chi connectivity index (χ1v) is 8.92. The summed E-state index contributed by atoms with van der Waals surface area (Å²) in [4.78, 5) is 26.7. The summed E-state index contributed by atoms with van der Waals surface area (Å²) in [5, 5.41) is 22.6. The number of carbonyl (C=O) groups excluding carboxylic acids is 1. The zero-order valence-corrected chi connectivity index (χ0v) is 15.4. The molecule has 1 amide bonds. The highest BCUT2D eigenvalue weighted by Crippen LogP contribution is 2.26. The molecule has 0 radical (unpaired) electrons. The van der Waals surface area contributed by atoms with Crippen LogP contribution >= 0.6 is 11.8 Å². The van der Waals surface area contributed by atoms with Crippen LogP contribution in [0.25, 0.3) is 11.4 Å². The third-order valence-corrected chi connectivity index (χ3v) is 4.90. The largest absolute Gasteiger partial charge is 0.325 e. The van der Waals surface area contributed by atoms with Gasteiger partial charge >= 0.3 is 0 Å². The second-order valence-electron chi connectivity index (χ2n) is 5.64. The number of nitrogens with one attached hydrogen (secondary N) is 1. The molecule has 0 aliphatic rings. The van der Waals surface area contributed by atoms with E-state index in [9.17, 15) is 14.9 Å². The lowest BCUT2D eigenvalue weighted by molar-refractivity contribution is -0.385. The van der Waals surface area contributed by atoms with Gasteiger partial charge < -0.3 is 9.88 Å². The van der Waals surface area contributed by atoms with Crippen molar-refractivity contribution in [3.63, 3.8) is 0 Å². The molecule has 1 N–H and O–H groups in total. The zero-order valence-electron chi connectivity index (χ0n) is 14.6. The standard InChI is InChI=1S/C17H16N6O3S/c1-11-13(4-3-5-14(11)23(25)26)19-15(24)10-27-17-21-20-16(22(17)2)12-6-8-18-9-7-12/h3-9H,10H2,1-2H3,(H,19,24). The Bertz CT molecular complexity index is 990. The molecule has 2 heterocycles. The van der Waals surface area contributed by atoms with E-state index in [1.165, 1.54) is 23.9 Å². The van der Waals surface area contributed by atoms with E-state index in [0.717, 1.165) is 5.56 Å². The topological polar surface area (TPSA) is 116 Å². The van der Waals surface area contributed by atoms with Crippen LogP contribution in [0.5, 0.6) is 0 Å². The lowest BCUT2D eigenvalue weighted by atomic mass is 10.1. The third kappa shape index (κ3) is 4.11. The van der Waals surface area contributed by atoms with Gasteiger partial charge in [0, 0.05) is 31.1 Å². The van der Waals surface area contributed by atoms with Crippen LogP contribution in [0.3, 0.4) is 0 Å². The Morgan fingerprint density at radius 1 is 1.26 bits per heavy atom. The van der Waals surface area contributed by atoms with Crippen LogP contribution in [-0.2, 0) is 11.8 Å². The number of nitrogens with zero attached hydrogens (tertiary/aromatic N) is 5. The van der Waals surface area contributed by atoms with Crippen molar-refractivity contribution in [2.24, 2.45) is 7.05 Å². The summed E-state index contributed by atoms with van der Waals surface area (Å²) in [5.41, 5.74) is 1.68. The molecule has 0 bridgehead atoms. The maximum Gasteiger partial charge on any atom is 0.274 e. The molecule has 2 aromatic heterocycles. The number of thioether (sulfide) groups is 1. The summed E-state index contributed by atoms with van der Waals surface area (Å²) < 4.78 is 1.80. The molecule has 27 heavy (non-hydrogen) atoms. The summed E-state index contributed by atoms with van der Waals surface area (Å²) in [7, 11) is 1.82. The maximum absolute atomic E-state index is 12.2. The van der Waals surface area contributed by atoms with Gasteiger partial charge in [0.05, 0.1) is 21.9 Å². The summed E-state index contributed by atoms with van der Waals surface area (Å²) in [6.07, 6.45) is 3.34. The Balaban J connectivity index is 1.66. The highest BCUT2D eigenvalue weighted by molar-refractivity contribution is 7.99. The molecule has 0 atom stereocenters. The van der Waals surface area contributed by atoms with E-state index in [1.54, 1.807) is 30.0 Å². The number of nitro benzene ring substituents is 1. The molecule has 0 spiro atoms. The third-order valence-electron chi connectivity index (χ3n) is 3.88. The van der Waals surface area contributed by atoms with Crippen molar-refractivity contribution in [3.8, 4) is 11.4 Å². The van der Waals surface area contributed by atoms with E-state index < -0.39 is 4.92 Å². The molecule has 0 unspecified atom stereocenters. The molecule has 0 aliphatic carbocycles. The summed E-state index contributed by atoms with van der Waals surface area (Å²) in [6, 6.07) is 8.23. The summed E-state index contributed by atoms with van der Waals surface area (Å²) in [5.74, 6) is 0.497. The fraction of sp³-hybridized carbons (Fsp3) is 0.176. The lowest BCUT2D eigenvalue weighted by Crippen LogP contribution is -2.15. The van der Waals surface area contributed by atoms with Gasteiger partial charge in [-0.3, -0.25) is 19.9 Å². The molecule has 0 saturated carbocycles. The fourth-order valence-corrected chi connectivity index (χ4v) is 3.18. The van der Waals surface area contributed by atoms with Crippen LogP contribution < -0.4 is 5.32 Å². The number of nitro groups is 1. The van der Waals surface area contributed by atoms with Crippen molar-refractivity contribution >= 4 is 29.0 Å². The van der Waals surface area contributed by atoms with E-state index in [1.807, 2.05) is 19.2 Å².